The summed E-state index contributed by atoms with van der Waals surface area (Å²) in [6.45, 7) is 3.35. The van der Waals surface area contributed by atoms with Crippen LogP contribution in [0.25, 0.3) is 0 Å². The summed E-state index contributed by atoms with van der Waals surface area (Å²) < 4.78 is 45.9. The van der Waals surface area contributed by atoms with Crippen LogP contribution in [0.15, 0.2) is 47.4 Å². The monoisotopic (exact) mass is 323 g/mol. The van der Waals surface area contributed by atoms with E-state index < -0.39 is 21.9 Å². The van der Waals surface area contributed by atoms with E-state index in [4.69, 9.17) is 4.74 Å². The number of methoxy groups -OCH3 is 1. The van der Waals surface area contributed by atoms with Crippen LogP contribution in [0.2, 0.25) is 0 Å². The highest BCUT2D eigenvalue weighted by Crippen LogP contribution is 2.22. The van der Waals surface area contributed by atoms with E-state index in [1.54, 1.807) is 45.2 Å². The summed E-state index contributed by atoms with van der Waals surface area (Å²) in [5.74, 6) is 0.0606. The molecule has 0 saturated carbocycles. The minimum Gasteiger partial charge on any atom is -0.497 e. The molecule has 0 aromatic heterocycles. The van der Waals surface area contributed by atoms with Crippen molar-refractivity contribution >= 4 is 10.0 Å². The molecule has 2 aromatic rings. The third-order valence-electron chi connectivity index (χ3n) is 3.37. The van der Waals surface area contributed by atoms with Gasteiger partial charge >= 0.3 is 0 Å². The molecule has 4 nitrogen and oxygen atoms in total. The molecule has 0 radical (unpaired) electrons. The van der Waals surface area contributed by atoms with Crippen molar-refractivity contribution in [1.29, 1.82) is 0 Å². The summed E-state index contributed by atoms with van der Waals surface area (Å²) in [5, 5.41) is 0. The largest absolute Gasteiger partial charge is 0.497 e. The lowest BCUT2D eigenvalue weighted by molar-refractivity contribution is 0.413. The molecule has 0 aliphatic heterocycles. The van der Waals surface area contributed by atoms with Gasteiger partial charge in [-0.3, -0.25) is 0 Å². The van der Waals surface area contributed by atoms with Crippen molar-refractivity contribution in [1.82, 2.24) is 4.72 Å². The lowest BCUT2D eigenvalue weighted by atomic mass is 10.1. The van der Waals surface area contributed by atoms with Gasteiger partial charge in [-0.25, -0.2) is 17.5 Å². The van der Waals surface area contributed by atoms with Gasteiger partial charge in [0, 0.05) is 6.04 Å². The Morgan fingerprint density at radius 3 is 2.59 bits per heavy atom. The Kier molecular flexibility index (Phi) is 4.83. The predicted molar refractivity (Wildman–Crippen MR) is 82.9 cm³/mol. The first-order chi connectivity index (χ1) is 10.3. The quantitative estimate of drug-likeness (QED) is 0.919. The fraction of sp³-hybridized carbons (Fsp3) is 0.250. The average molecular weight is 323 g/mol. The first kappa shape index (κ1) is 16.5. The SMILES string of the molecule is COc1cccc(C(C)NS(=O)(=O)c2cc(F)ccc2C)c1. The first-order valence-corrected chi connectivity index (χ1v) is 8.24. The standard InChI is InChI=1S/C16H18FNO3S/c1-11-7-8-14(17)10-16(11)22(19,20)18-12(2)13-5-4-6-15(9-13)21-3/h4-10,12,18H,1-3H3. The summed E-state index contributed by atoms with van der Waals surface area (Å²) >= 11 is 0. The zero-order chi connectivity index (χ0) is 16.3. The van der Waals surface area contributed by atoms with Crippen molar-refractivity contribution < 1.29 is 17.5 Å². The van der Waals surface area contributed by atoms with E-state index in [0.29, 0.717) is 11.3 Å². The second kappa shape index (κ2) is 6.46. The van der Waals surface area contributed by atoms with Crippen LogP contribution in [0.5, 0.6) is 5.75 Å². The van der Waals surface area contributed by atoms with Crippen LogP contribution in [-0.4, -0.2) is 15.5 Å². The Morgan fingerprint density at radius 2 is 1.91 bits per heavy atom. The molecule has 1 N–H and O–H groups in total. The van der Waals surface area contributed by atoms with E-state index in [1.165, 1.54) is 12.1 Å². The summed E-state index contributed by atoms with van der Waals surface area (Å²) in [7, 11) is -2.27. The normalized spacial score (nSPS) is 12.9. The maximum absolute atomic E-state index is 13.3. The fourth-order valence-electron chi connectivity index (χ4n) is 2.14. The molecular weight excluding hydrogens is 305 g/mol. The van der Waals surface area contributed by atoms with Crippen molar-refractivity contribution in [2.24, 2.45) is 0 Å². The Morgan fingerprint density at radius 1 is 1.18 bits per heavy atom. The van der Waals surface area contributed by atoms with Crippen LogP contribution in [0, 0.1) is 12.7 Å². The maximum Gasteiger partial charge on any atom is 0.241 e. The molecule has 0 spiro atoms. The predicted octanol–water partition coefficient (Wildman–Crippen LogP) is 3.18. The molecule has 1 atom stereocenters. The van der Waals surface area contributed by atoms with Gasteiger partial charge in [0.15, 0.2) is 0 Å². The van der Waals surface area contributed by atoms with Gasteiger partial charge < -0.3 is 4.74 Å². The molecule has 1 unspecified atom stereocenters. The average Bonchev–Trinajstić information content (AvgIpc) is 2.49. The molecule has 2 rings (SSSR count). The van der Waals surface area contributed by atoms with Crippen LogP contribution in [0.3, 0.4) is 0 Å². The van der Waals surface area contributed by atoms with Crippen LogP contribution < -0.4 is 9.46 Å². The number of hydrogen-bond acceptors (Lipinski definition) is 3. The molecule has 118 valence electrons. The Bertz CT molecular complexity index is 775. The van der Waals surface area contributed by atoms with Gasteiger partial charge in [-0.05, 0) is 49.2 Å². The van der Waals surface area contributed by atoms with Crippen LogP contribution in [0.1, 0.15) is 24.1 Å². The molecule has 0 aliphatic rings. The topological polar surface area (TPSA) is 55.4 Å². The van der Waals surface area contributed by atoms with Crippen molar-refractivity contribution in [3.05, 3.63) is 59.4 Å². The fourth-order valence-corrected chi connectivity index (χ4v) is 3.63. The highest BCUT2D eigenvalue weighted by atomic mass is 32.2. The Labute approximate surface area is 130 Å². The molecule has 22 heavy (non-hydrogen) atoms. The van der Waals surface area contributed by atoms with Crippen LogP contribution in [0.4, 0.5) is 4.39 Å². The third-order valence-corrected chi connectivity index (χ3v) is 5.05. The molecule has 2 aromatic carbocycles. The van der Waals surface area contributed by atoms with Crippen molar-refractivity contribution in [2.45, 2.75) is 24.8 Å². The van der Waals surface area contributed by atoms with Gasteiger partial charge in [0.25, 0.3) is 0 Å². The summed E-state index contributed by atoms with van der Waals surface area (Å²) in [4.78, 5) is -0.0535. The zero-order valence-corrected chi connectivity index (χ0v) is 13.4. The lowest BCUT2D eigenvalue weighted by Gasteiger charge is -2.16. The smallest absolute Gasteiger partial charge is 0.241 e. The molecular formula is C16H18FNO3S. The minimum absolute atomic E-state index is 0.0535. The molecule has 0 fully saturated rings. The number of benzene rings is 2. The zero-order valence-electron chi connectivity index (χ0n) is 12.6. The minimum atomic E-state index is -3.81. The van der Waals surface area contributed by atoms with E-state index in [1.807, 2.05) is 0 Å². The number of hydrogen-bond donors (Lipinski definition) is 1. The molecule has 0 amide bonds. The van der Waals surface area contributed by atoms with Gasteiger partial charge in [-0.15, -0.1) is 0 Å². The number of nitrogens with one attached hydrogen (secondary N) is 1. The van der Waals surface area contributed by atoms with Gasteiger partial charge in [0.05, 0.1) is 12.0 Å². The van der Waals surface area contributed by atoms with Crippen molar-refractivity contribution in [3.63, 3.8) is 0 Å². The Hall–Kier alpha value is -1.92. The second-order valence-corrected chi connectivity index (χ2v) is 6.71. The summed E-state index contributed by atoms with van der Waals surface area (Å²) in [6, 6.07) is 10.4. The van der Waals surface area contributed by atoms with Gasteiger partial charge in [-0.2, -0.15) is 0 Å². The van der Waals surface area contributed by atoms with Crippen LogP contribution in [-0.2, 0) is 10.0 Å². The molecule has 0 saturated heterocycles. The highest BCUT2D eigenvalue weighted by molar-refractivity contribution is 7.89. The second-order valence-electron chi connectivity index (χ2n) is 5.03. The molecule has 6 heteroatoms. The summed E-state index contributed by atoms with van der Waals surface area (Å²) in [6.07, 6.45) is 0. The highest BCUT2D eigenvalue weighted by Gasteiger charge is 2.21. The maximum atomic E-state index is 13.3. The van der Waals surface area contributed by atoms with E-state index in [2.05, 4.69) is 4.72 Å². The number of aryl methyl sites for hydroxylation is 1. The first-order valence-electron chi connectivity index (χ1n) is 6.76. The molecule has 0 bridgehead atoms. The van der Waals surface area contributed by atoms with E-state index in [0.717, 1.165) is 11.6 Å². The van der Waals surface area contributed by atoms with Crippen molar-refractivity contribution in [3.8, 4) is 5.75 Å². The number of rotatable bonds is 5. The molecule has 0 heterocycles. The van der Waals surface area contributed by atoms with Gasteiger partial charge in [0.2, 0.25) is 10.0 Å². The van der Waals surface area contributed by atoms with E-state index >= 15 is 0 Å². The molecule has 0 aliphatic carbocycles. The lowest BCUT2D eigenvalue weighted by Crippen LogP contribution is -2.27. The Balaban J connectivity index is 2.29. The third kappa shape index (κ3) is 3.64. The van der Waals surface area contributed by atoms with Crippen molar-refractivity contribution in [2.75, 3.05) is 7.11 Å². The van der Waals surface area contributed by atoms with E-state index in [9.17, 15) is 12.8 Å². The summed E-state index contributed by atoms with van der Waals surface area (Å²) in [5.41, 5.74) is 1.25. The number of sulfonamides is 1. The number of halogens is 1. The van der Waals surface area contributed by atoms with Crippen LogP contribution >= 0.6 is 0 Å². The van der Waals surface area contributed by atoms with Gasteiger partial charge in [-0.1, -0.05) is 18.2 Å². The van der Waals surface area contributed by atoms with Gasteiger partial charge in [0.1, 0.15) is 11.6 Å². The number of ether oxygens (including phenoxy) is 1. The van der Waals surface area contributed by atoms with E-state index in [-0.39, 0.29) is 4.90 Å².